The minimum atomic E-state index is 0.672. The summed E-state index contributed by atoms with van der Waals surface area (Å²) in [6.07, 6.45) is 7.31. The van der Waals surface area contributed by atoms with Gasteiger partial charge >= 0.3 is 0 Å². The molecule has 3 nitrogen and oxygen atoms in total. The first-order valence-corrected chi connectivity index (χ1v) is 6.52. The molecule has 1 aliphatic rings. The first-order valence-electron chi connectivity index (χ1n) is 6.52. The average molecular weight is 234 g/mol. The Hall–Kier alpha value is -1.09. The summed E-state index contributed by atoms with van der Waals surface area (Å²) < 4.78 is 5.05. The largest absolute Gasteiger partial charge is 0.481 e. The van der Waals surface area contributed by atoms with E-state index in [1.54, 1.807) is 7.11 Å². The van der Waals surface area contributed by atoms with E-state index in [4.69, 9.17) is 4.74 Å². The molecule has 3 heteroatoms. The van der Waals surface area contributed by atoms with E-state index in [0.29, 0.717) is 11.9 Å². The standard InChI is InChI=1S/C14H22N2O/c1-11-5-3-4-6-13(11)15-9-12-7-8-14(17-2)16-10-12/h7-8,10-11,13,15H,3-6,9H2,1-2H3. The Bertz CT molecular complexity index is 337. The van der Waals surface area contributed by atoms with Gasteiger partial charge in [0.15, 0.2) is 0 Å². The van der Waals surface area contributed by atoms with Gasteiger partial charge in [-0.2, -0.15) is 0 Å². The topological polar surface area (TPSA) is 34.1 Å². The summed E-state index contributed by atoms with van der Waals surface area (Å²) in [6.45, 7) is 3.26. The second kappa shape index (κ2) is 6.01. The van der Waals surface area contributed by atoms with Gasteiger partial charge in [0, 0.05) is 24.8 Å². The molecule has 2 unspecified atom stereocenters. The maximum absolute atomic E-state index is 5.05. The maximum atomic E-state index is 5.05. The van der Waals surface area contributed by atoms with E-state index in [9.17, 15) is 0 Å². The van der Waals surface area contributed by atoms with E-state index < -0.39 is 0 Å². The Morgan fingerprint density at radius 3 is 2.82 bits per heavy atom. The Labute approximate surface area is 104 Å². The lowest BCUT2D eigenvalue weighted by atomic mass is 9.86. The van der Waals surface area contributed by atoms with Crippen LogP contribution in [-0.2, 0) is 6.54 Å². The number of methoxy groups -OCH3 is 1. The summed E-state index contributed by atoms with van der Waals surface area (Å²) in [6, 6.07) is 4.67. The van der Waals surface area contributed by atoms with Crippen molar-refractivity contribution in [2.75, 3.05) is 7.11 Å². The highest BCUT2D eigenvalue weighted by molar-refractivity contribution is 5.17. The molecule has 94 valence electrons. The van der Waals surface area contributed by atoms with Crippen LogP contribution in [0.15, 0.2) is 18.3 Å². The normalized spacial score (nSPS) is 24.6. The lowest BCUT2D eigenvalue weighted by Gasteiger charge is -2.29. The van der Waals surface area contributed by atoms with Gasteiger partial charge in [0.2, 0.25) is 5.88 Å². The van der Waals surface area contributed by atoms with Crippen LogP contribution in [0.4, 0.5) is 0 Å². The monoisotopic (exact) mass is 234 g/mol. The van der Waals surface area contributed by atoms with Crippen molar-refractivity contribution in [2.24, 2.45) is 5.92 Å². The number of ether oxygens (including phenoxy) is 1. The third-order valence-corrected chi connectivity index (χ3v) is 3.69. The summed E-state index contributed by atoms with van der Waals surface area (Å²) in [4.78, 5) is 4.22. The zero-order valence-corrected chi connectivity index (χ0v) is 10.8. The molecule has 0 amide bonds. The highest BCUT2D eigenvalue weighted by Crippen LogP contribution is 2.23. The molecular formula is C14H22N2O. The van der Waals surface area contributed by atoms with E-state index in [1.165, 1.54) is 31.2 Å². The summed E-state index contributed by atoms with van der Waals surface area (Å²) >= 11 is 0. The molecule has 1 heterocycles. The van der Waals surface area contributed by atoms with E-state index in [0.717, 1.165) is 12.5 Å². The second-order valence-corrected chi connectivity index (χ2v) is 4.96. The van der Waals surface area contributed by atoms with Crippen LogP contribution in [0.25, 0.3) is 0 Å². The Morgan fingerprint density at radius 1 is 1.35 bits per heavy atom. The smallest absolute Gasteiger partial charge is 0.212 e. The van der Waals surface area contributed by atoms with Gasteiger partial charge in [0.05, 0.1) is 7.11 Å². The van der Waals surface area contributed by atoms with Gasteiger partial charge in [-0.3, -0.25) is 0 Å². The van der Waals surface area contributed by atoms with Crippen molar-refractivity contribution in [2.45, 2.75) is 45.2 Å². The fraction of sp³-hybridized carbons (Fsp3) is 0.643. The van der Waals surface area contributed by atoms with Gasteiger partial charge in [-0.05, 0) is 24.3 Å². The van der Waals surface area contributed by atoms with Gasteiger partial charge in [0.25, 0.3) is 0 Å². The Morgan fingerprint density at radius 2 is 2.18 bits per heavy atom. The lowest BCUT2D eigenvalue weighted by Crippen LogP contribution is -2.36. The van der Waals surface area contributed by atoms with Crippen LogP contribution >= 0.6 is 0 Å². The van der Waals surface area contributed by atoms with Crippen LogP contribution in [0, 0.1) is 5.92 Å². The summed E-state index contributed by atoms with van der Waals surface area (Å²) in [5.41, 5.74) is 1.23. The lowest BCUT2D eigenvalue weighted by molar-refractivity contribution is 0.279. The van der Waals surface area contributed by atoms with Crippen LogP contribution in [0.5, 0.6) is 5.88 Å². The number of rotatable bonds is 4. The zero-order valence-electron chi connectivity index (χ0n) is 10.8. The summed E-state index contributed by atoms with van der Waals surface area (Å²) in [5.74, 6) is 1.48. The van der Waals surface area contributed by atoms with E-state index in [1.807, 2.05) is 12.3 Å². The van der Waals surface area contributed by atoms with E-state index >= 15 is 0 Å². The highest BCUT2D eigenvalue weighted by Gasteiger charge is 2.20. The van der Waals surface area contributed by atoms with Gasteiger partial charge in [-0.25, -0.2) is 4.98 Å². The van der Waals surface area contributed by atoms with Crippen molar-refractivity contribution in [1.82, 2.24) is 10.3 Å². The molecule has 0 bridgehead atoms. The first-order chi connectivity index (χ1) is 8.29. The quantitative estimate of drug-likeness (QED) is 0.870. The molecule has 17 heavy (non-hydrogen) atoms. The molecular weight excluding hydrogens is 212 g/mol. The second-order valence-electron chi connectivity index (χ2n) is 4.96. The molecule has 0 saturated heterocycles. The molecule has 1 N–H and O–H groups in total. The molecule has 1 aromatic heterocycles. The third-order valence-electron chi connectivity index (χ3n) is 3.69. The van der Waals surface area contributed by atoms with Gasteiger partial charge < -0.3 is 10.1 Å². The molecule has 1 aliphatic carbocycles. The summed E-state index contributed by atoms with van der Waals surface area (Å²) in [7, 11) is 1.64. The van der Waals surface area contributed by atoms with Crippen LogP contribution in [-0.4, -0.2) is 18.1 Å². The number of aromatic nitrogens is 1. The first kappa shape index (κ1) is 12.4. The number of pyridine rings is 1. The van der Waals surface area contributed by atoms with Crippen molar-refractivity contribution in [1.29, 1.82) is 0 Å². The average Bonchev–Trinajstić information content (AvgIpc) is 2.38. The van der Waals surface area contributed by atoms with Gasteiger partial charge in [-0.15, -0.1) is 0 Å². The molecule has 2 atom stereocenters. The van der Waals surface area contributed by atoms with Crippen LogP contribution in [0.2, 0.25) is 0 Å². The predicted molar refractivity (Wildman–Crippen MR) is 69.0 cm³/mol. The van der Waals surface area contributed by atoms with Crippen molar-refractivity contribution in [3.8, 4) is 5.88 Å². The molecule has 0 radical (unpaired) electrons. The fourth-order valence-electron chi connectivity index (χ4n) is 2.50. The maximum Gasteiger partial charge on any atom is 0.212 e. The number of hydrogen-bond donors (Lipinski definition) is 1. The van der Waals surface area contributed by atoms with Gasteiger partial charge in [0.1, 0.15) is 0 Å². The molecule has 1 aromatic rings. The molecule has 1 fully saturated rings. The summed E-state index contributed by atoms with van der Waals surface area (Å²) in [5, 5.41) is 3.64. The minimum absolute atomic E-state index is 0.672. The molecule has 0 spiro atoms. The SMILES string of the molecule is COc1ccc(CNC2CCCCC2C)cn1. The molecule has 0 aliphatic heterocycles. The van der Waals surface area contributed by atoms with Gasteiger partial charge in [-0.1, -0.05) is 25.8 Å². The van der Waals surface area contributed by atoms with E-state index in [2.05, 4.69) is 23.3 Å². The number of nitrogens with one attached hydrogen (secondary N) is 1. The van der Waals surface area contributed by atoms with Crippen LogP contribution < -0.4 is 10.1 Å². The van der Waals surface area contributed by atoms with Crippen molar-refractivity contribution >= 4 is 0 Å². The minimum Gasteiger partial charge on any atom is -0.481 e. The van der Waals surface area contributed by atoms with Crippen LogP contribution in [0.1, 0.15) is 38.2 Å². The van der Waals surface area contributed by atoms with Crippen molar-refractivity contribution in [3.05, 3.63) is 23.9 Å². The molecule has 0 aromatic carbocycles. The molecule has 2 rings (SSSR count). The van der Waals surface area contributed by atoms with Crippen LogP contribution in [0.3, 0.4) is 0 Å². The zero-order chi connectivity index (χ0) is 12.1. The highest BCUT2D eigenvalue weighted by atomic mass is 16.5. The number of hydrogen-bond acceptors (Lipinski definition) is 3. The Balaban J connectivity index is 1.84. The van der Waals surface area contributed by atoms with E-state index in [-0.39, 0.29) is 0 Å². The molecule has 1 saturated carbocycles. The predicted octanol–water partition coefficient (Wildman–Crippen LogP) is 2.76. The fourth-order valence-corrected chi connectivity index (χ4v) is 2.50. The number of nitrogens with zero attached hydrogens (tertiary/aromatic N) is 1. The Kier molecular flexibility index (Phi) is 4.37. The third kappa shape index (κ3) is 3.43. The van der Waals surface area contributed by atoms with Crippen molar-refractivity contribution in [3.63, 3.8) is 0 Å². The van der Waals surface area contributed by atoms with Crippen molar-refractivity contribution < 1.29 is 4.74 Å².